The van der Waals surface area contributed by atoms with Gasteiger partial charge in [0.15, 0.2) is 5.11 Å². The molecule has 0 atom stereocenters. The molecule has 2 nitrogen and oxygen atoms in total. The fourth-order valence-corrected chi connectivity index (χ4v) is 2.06. The van der Waals surface area contributed by atoms with Crippen LogP contribution in [-0.2, 0) is 6.42 Å². The molecule has 98 valence electrons. The van der Waals surface area contributed by atoms with Gasteiger partial charge in [0.05, 0.1) is 0 Å². The maximum absolute atomic E-state index is 5.84. The molecule has 0 heterocycles. The first kappa shape index (κ1) is 13.8. The summed E-state index contributed by atoms with van der Waals surface area (Å²) in [6, 6.07) is 15.6. The van der Waals surface area contributed by atoms with Gasteiger partial charge < -0.3 is 10.6 Å². The molecule has 0 bridgehead atoms. The van der Waals surface area contributed by atoms with Gasteiger partial charge in [0.1, 0.15) is 0 Å². The van der Waals surface area contributed by atoms with Crippen molar-refractivity contribution in [2.75, 3.05) is 10.6 Å². The summed E-state index contributed by atoms with van der Waals surface area (Å²) in [5.74, 6) is 0. The first-order valence-corrected chi connectivity index (χ1v) is 6.88. The second kappa shape index (κ2) is 6.55. The summed E-state index contributed by atoms with van der Waals surface area (Å²) >= 11 is 11.1. The van der Waals surface area contributed by atoms with Crippen LogP contribution in [0, 0.1) is 0 Å². The molecule has 4 heteroatoms. The van der Waals surface area contributed by atoms with Crippen LogP contribution in [-0.4, -0.2) is 5.11 Å². The summed E-state index contributed by atoms with van der Waals surface area (Å²) in [4.78, 5) is 0. The maximum Gasteiger partial charge on any atom is 0.175 e. The molecule has 0 amide bonds. The first-order valence-electron chi connectivity index (χ1n) is 6.10. The van der Waals surface area contributed by atoms with E-state index in [1.54, 1.807) is 0 Å². The summed E-state index contributed by atoms with van der Waals surface area (Å²) in [6.07, 6.45) is 1.01. The van der Waals surface area contributed by atoms with Crippen LogP contribution in [0.15, 0.2) is 48.5 Å². The average Bonchev–Trinajstić information content (AvgIpc) is 2.41. The van der Waals surface area contributed by atoms with Crippen LogP contribution in [0.4, 0.5) is 11.4 Å². The van der Waals surface area contributed by atoms with Gasteiger partial charge in [-0.05, 0) is 60.6 Å². The number of hydrogen-bond acceptors (Lipinski definition) is 1. The summed E-state index contributed by atoms with van der Waals surface area (Å²) in [7, 11) is 0. The summed E-state index contributed by atoms with van der Waals surface area (Å²) in [6.45, 7) is 2.13. The zero-order valence-electron chi connectivity index (χ0n) is 10.6. The lowest BCUT2D eigenvalue weighted by molar-refractivity contribution is 1.14. The molecule has 0 unspecified atom stereocenters. The number of nitrogens with one attached hydrogen (secondary N) is 2. The van der Waals surface area contributed by atoms with Crippen LogP contribution in [0.2, 0.25) is 5.02 Å². The predicted octanol–water partition coefficient (Wildman–Crippen LogP) is 4.71. The van der Waals surface area contributed by atoms with Crippen LogP contribution in [0.5, 0.6) is 0 Å². The Bertz CT molecular complexity index is 567. The van der Waals surface area contributed by atoms with Gasteiger partial charge >= 0.3 is 0 Å². The average molecular weight is 291 g/mol. The van der Waals surface area contributed by atoms with Crippen molar-refractivity contribution in [1.82, 2.24) is 0 Å². The number of benzene rings is 2. The lowest BCUT2D eigenvalue weighted by atomic mass is 10.1. The Balaban J connectivity index is 1.99. The molecule has 0 aliphatic rings. The van der Waals surface area contributed by atoms with Gasteiger partial charge in [-0.25, -0.2) is 0 Å². The molecule has 0 aliphatic carbocycles. The third-order valence-corrected chi connectivity index (χ3v) is 3.15. The minimum atomic E-state index is 0.565. The number of halogens is 1. The molecule has 2 aromatic carbocycles. The largest absolute Gasteiger partial charge is 0.332 e. The Morgan fingerprint density at radius 3 is 2.42 bits per heavy atom. The molecule has 0 aliphatic heterocycles. The van der Waals surface area contributed by atoms with Crippen LogP contribution < -0.4 is 10.6 Å². The molecular weight excluding hydrogens is 276 g/mol. The van der Waals surface area contributed by atoms with Crippen molar-refractivity contribution in [1.29, 1.82) is 0 Å². The summed E-state index contributed by atoms with van der Waals surface area (Å²) in [5, 5.41) is 7.56. The number of thiocarbonyl (C=S) groups is 1. The highest BCUT2D eigenvalue weighted by Gasteiger charge is 1.99. The van der Waals surface area contributed by atoms with Gasteiger partial charge in [-0.15, -0.1) is 0 Å². The standard InChI is InChI=1S/C15H15ClN2S/c1-2-11-4-3-5-14(10-11)18-15(19)17-13-8-6-12(16)7-9-13/h3-10H,2H2,1H3,(H2,17,18,19). The van der Waals surface area contributed by atoms with Gasteiger partial charge in [0, 0.05) is 16.4 Å². The van der Waals surface area contributed by atoms with Crippen molar-refractivity contribution in [3.8, 4) is 0 Å². The molecule has 2 aromatic rings. The van der Waals surface area contributed by atoms with Gasteiger partial charge in [-0.2, -0.15) is 0 Å². The van der Waals surface area contributed by atoms with E-state index in [1.165, 1.54) is 5.56 Å². The van der Waals surface area contributed by atoms with Gasteiger partial charge in [0.25, 0.3) is 0 Å². The lowest BCUT2D eigenvalue weighted by Crippen LogP contribution is -2.19. The van der Waals surface area contributed by atoms with E-state index >= 15 is 0 Å². The zero-order valence-corrected chi connectivity index (χ0v) is 12.2. The third-order valence-electron chi connectivity index (χ3n) is 2.70. The van der Waals surface area contributed by atoms with E-state index in [2.05, 4.69) is 29.7 Å². The Hall–Kier alpha value is -1.58. The normalized spacial score (nSPS) is 10.0. The van der Waals surface area contributed by atoms with Gasteiger partial charge in [-0.3, -0.25) is 0 Å². The molecular formula is C15H15ClN2S. The molecule has 0 saturated carbocycles. The van der Waals surface area contributed by atoms with Gasteiger partial charge in [-0.1, -0.05) is 30.7 Å². The van der Waals surface area contributed by atoms with Crippen molar-refractivity contribution >= 4 is 40.3 Å². The first-order chi connectivity index (χ1) is 9.17. The van der Waals surface area contributed by atoms with E-state index < -0.39 is 0 Å². The SMILES string of the molecule is CCc1cccc(NC(=S)Nc2ccc(Cl)cc2)c1. The van der Waals surface area contributed by atoms with E-state index in [1.807, 2.05) is 36.4 Å². The van der Waals surface area contributed by atoms with Crippen molar-refractivity contribution in [2.24, 2.45) is 0 Å². The van der Waals surface area contributed by atoms with Crippen LogP contribution in [0.1, 0.15) is 12.5 Å². The van der Waals surface area contributed by atoms with E-state index in [0.29, 0.717) is 10.1 Å². The molecule has 0 saturated heterocycles. The second-order valence-corrected chi connectivity index (χ2v) is 4.98. The molecule has 2 rings (SSSR count). The minimum Gasteiger partial charge on any atom is -0.332 e. The topological polar surface area (TPSA) is 24.1 Å². The zero-order chi connectivity index (χ0) is 13.7. The molecule has 0 aromatic heterocycles. The van der Waals surface area contributed by atoms with Crippen LogP contribution in [0.25, 0.3) is 0 Å². The van der Waals surface area contributed by atoms with Crippen molar-refractivity contribution in [3.63, 3.8) is 0 Å². The Labute approximate surface area is 123 Å². The highest BCUT2D eigenvalue weighted by Crippen LogP contribution is 2.15. The number of anilines is 2. The number of aryl methyl sites for hydroxylation is 1. The van der Waals surface area contributed by atoms with E-state index in [0.717, 1.165) is 17.8 Å². The number of hydrogen-bond donors (Lipinski definition) is 2. The smallest absolute Gasteiger partial charge is 0.175 e. The maximum atomic E-state index is 5.84. The second-order valence-electron chi connectivity index (χ2n) is 4.14. The van der Waals surface area contributed by atoms with Gasteiger partial charge in [0.2, 0.25) is 0 Å². The van der Waals surface area contributed by atoms with Crippen LogP contribution >= 0.6 is 23.8 Å². The Morgan fingerprint density at radius 2 is 1.74 bits per heavy atom. The molecule has 0 spiro atoms. The molecule has 19 heavy (non-hydrogen) atoms. The van der Waals surface area contributed by atoms with Crippen molar-refractivity contribution in [3.05, 3.63) is 59.1 Å². The number of rotatable bonds is 3. The Kier molecular flexibility index (Phi) is 4.77. The fourth-order valence-electron chi connectivity index (χ4n) is 1.70. The summed E-state index contributed by atoms with van der Waals surface area (Å²) in [5.41, 5.74) is 3.18. The minimum absolute atomic E-state index is 0.565. The predicted molar refractivity (Wildman–Crippen MR) is 87.1 cm³/mol. The van der Waals surface area contributed by atoms with E-state index in [4.69, 9.17) is 23.8 Å². The Morgan fingerprint density at radius 1 is 1.05 bits per heavy atom. The van der Waals surface area contributed by atoms with Crippen molar-refractivity contribution in [2.45, 2.75) is 13.3 Å². The molecule has 0 fully saturated rings. The van der Waals surface area contributed by atoms with Crippen molar-refractivity contribution < 1.29 is 0 Å². The lowest BCUT2D eigenvalue weighted by Gasteiger charge is -2.11. The molecule has 2 N–H and O–H groups in total. The van der Waals surface area contributed by atoms with E-state index in [9.17, 15) is 0 Å². The third kappa shape index (κ3) is 4.23. The monoisotopic (exact) mass is 290 g/mol. The summed E-state index contributed by atoms with van der Waals surface area (Å²) < 4.78 is 0. The quantitative estimate of drug-likeness (QED) is 0.801. The molecule has 0 radical (unpaired) electrons. The fraction of sp³-hybridized carbons (Fsp3) is 0.133. The highest BCUT2D eigenvalue weighted by atomic mass is 35.5. The highest BCUT2D eigenvalue weighted by molar-refractivity contribution is 7.80. The van der Waals surface area contributed by atoms with E-state index in [-0.39, 0.29) is 0 Å². The van der Waals surface area contributed by atoms with Crippen LogP contribution in [0.3, 0.4) is 0 Å².